The number of carboxylic acids is 1. The lowest BCUT2D eigenvalue weighted by molar-refractivity contribution is -0.145. The first-order chi connectivity index (χ1) is 12.4. The number of thioether (sulfide) groups is 1. The van der Waals surface area contributed by atoms with Crippen LogP contribution < -0.4 is 0 Å². The van der Waals surface area contributed by atoms with Crippen molar-refractivity contribution in [2.45, 2.75) is 26.3 Å². The van der Waals surface area contributed by atoms with Gasteiger partial charge in [-0.05, 0) is 25.5 Å². The van der Waals surface area contributed by atoms with Gasteiger partial charge in [0.2, 0.25) is 0 Å². The van der Waals surface area contributed by atoms with Gasteiger partial charge in [0.25, 0.3) is 5.91 Å². The zero-order chi connectivity index (χ0) is 18.8. The highest BCUT2D eigenvalue weighted by Gasteiger charge is 2.39. The van der Waals surface area contributed by atoms with Crippen LogP contribution in [0.5, 0.6) is 0 Å². The number of carbonyl (C=O) groups excluding carboxylic acids is 1. The minimum Gasteiger partial charge on any atom is -0.480 e. The third kappa shape index (κ3) is 3.59. The Morgan fingerprint density at radius 2 is 2.00 bits per heavy atom. The summed E-state index contributed by atoms with van der Waals surface area (Å²) in [6, 6.07) is 10.6. The van der Waals surface area contributed by atoms with E-state index in [0.717, 1.165) is 27.8 Å². The first-order valence-corrected chi connectivity index (χ1v) is 9.30. The second-order valence-corrected chi connectivity index (χ2v) is 7.56. The molecule has 1 fully saturated rings. The summed E-state index contributed by atoms with van der Waals surface area (Å²) in [7, 11) is 0. The van der Waals surface area contributed by atoms with Crippen LogP contribution in [0.2, 0.25) is 0 Å². The average Bonchev–Trinajstić information content (AvgIpc) is 3.16. The van der Waals surface area contributed by atoms with Crippen molar-refractivity contribution in [3.63, 3.8) is 0 Å². The molecule has 1 N–H and O–H groups in total. The number of hydrogen-bond acceptors (Lipinski definition) is 5. The van der Waals surface area contributed by atoms with E-state index in [0.29, 0.717) is 16.4 Å². The van der Waals surface area contributed by atoms with E-state index in [1.54, 1.807) is 19.1 Å². The smallest absolute Gasteiger partial charge is 0.326 e. The number of furan rings is 1. The predicted molar refractivity (Wildman–Crippen MR) is 106 cm³/mol. The highest BCUT2D eigenvalue weighted by Crippen LogP contribution is 2.35. The molecule has 0 spiro atoms. The van der Waals surface area contributed by atoms with Crippen molar-refractivity contribution in [3.05, 3.63) is 52.6 Å². The molecule has 1 atom stereocenters. The van der Waals surface area contributed by atoms with Gasteiger partial charge in [-0.3, -0.25) is 9.69 Å². The summed E-state index contributed by atoms with van der Waals surface area (Å²) in [5.41, 5.74) is 2.10. The Bertz CT molecular complexity index is 899. The number of nitrogens with zero attached hydrogens (tertiary/aromatic N) is 1. The van der Waals surface area contributed by atoms with Crippen LogP contribution >= 0.6 is 24.0 Å². The molecule has 0 bridgehead atoms. The van der Waals surface area contributed by atoms with E-state index in [4.69, 9.17) is 16.6 Å². The van der Waals surface area contributed by atoms with Crippen LogP contribution in [0.4, 0.5) is 0 Å². The predicted octanol–water partition coefficient (Wildman–Crippen LogP) is 4.32. The highest BCUT2D eigenvalue weighted by atomic mass is 32.2. The molecular weight excluding hydrogens is 370 g/mol. The minimum atomic E-state index is -1.07. The highest BCUT2D eigenvalue weighted by molar-refractivity contribution is 8.26. The topological polar surface area (TPSA) is 70.8 Å². The van der Waals surface area contributed by atoms with Crippen molar-refractivity contribution >= 4 is 46.3 Å². The van der Waals surface area contributed by atoms with E-state index < -0.39 is 17.9 Å². The van der Waals surface area contributed by atoms with Crippen LogP contribution in [0.15, 0.2) is 45.7 Å². The summed E-state index contributed by atoms with van der Waals surface area (Å²) < 4.78 is 6.06. The van der Waals surface area contributed by atoms with E-state index in [-0.39, 0.29) is 10.7 Å². The maximum Gasteiger partial charge on any atom is 0.326 e. The molecule has 0 unspecified atom stereocenters. The van der Waals surface area contributed by atoms with Crippen molar-refractivity contribution in [1.82, 2.24) is 4.90 Å². The molecule has 1 amide bonds. The van der Waals surface area contributed by atoms with Crippen LogP contribution in [-0.2, 0) is 9.59 Å². The fraction of sp³-hybridized carbons (Fsp3) is 0.211. The lowest BCUT2D eigenvalue weighted by Gasteiger charge is -2.21. The molecular formula is C19H17NO4S2. The van der Waals surface area contributed by atoms with Crippen molar-refractivity contribution in [1.29, 1.82) is 0 Å². The number of carbonyl (C=O) groups is 2. The monoisotopic (exact) mass is 387 g/mol. The van der Waals surface area contributed by atoms with Crippen molar-refractivity contribution in [3.8, 4) is 11.3 Å². The molecule has 134 valence electrons. The summed E-state index contributed by atoms with van der Waals surface area (Å²) in [4.78, 5) is 25.5. The van der Waals surface area contributed by atoms with E-state index in [2.05, 4.69) is 0 Å². The van der Waals surface area contributed by atoms with Gasteiger partial charge < -0.3 is 9.52 Å². The van der Waals surface area contributed by atoms with Gasteiger partial charge in [-0.2, -0.15) is 0 Å². The number of amides is 1. The van der Waals surface area contributed by atoms with Crippen molar-refractivity contribution < 1.29 is 19.1 Å². The minimum absolute atomic E-state index is 0.251. The molecule has 2 heterocycles. The molecule has 1 aliphatic rings. The third-order valence-electron chi connectivity index (χ3n) is 4.04. The van der Waals surface area contributed by atoms with Gasteiger partial charge in [-0.15, -0.1) is 0 Å². The number of aryl methyl sites for hydroxylation is 1. The Labute approximate surface area is 160 Å². The lowest BCUT2D eigenvalue weighted by Crippen LogP contribution is -2.43. The van der Waals surface area contributed by atoms with Gasteiger partial charge in [-0.25, -0.2) is 4.79 Å². The Balaban J connectivity index is 1.85. The third-order valence-corrected chi connectivity index (χ3v) is 5.37. The number of hydrogen-bond donors (Lipinski definition) is 1. The molecule has 0 aliphatic carbocycles. The first kappa shape index (κ1) is 18.4. The molecule has 1 aromatic heterocycles. The number of aliphatic carboxylic acids is 1. The van der Waals surface area contributed by atoms with E-state index in [9.17, 15) is 14.7 Å². The first-order valence-electron chi connectivity index (χ1n) is 8.07. The normalized spacial score (nSPS) is 17.2. The van der Waals surface area contributed by atoms with Crippen LogP contribution in [0.1, 0.15) is 24.7 Å². The zero-order valence-corrected chi connectivity index (χ0v) is 15.9. The second kappa shape index (κ2) is 7.47. The van der Waals surface area contributed by atoms with Gasteiger partial charge in [0, 0.05) is 11.6 Å². The molecule has 26 heavy (non-hydrogen) atoms. The number of thiocarbonyl (C=S) groups is 1. The van der Waals surface area contributed by atoms with Gasteiger partial charge in [-0.1, -0.05) is 60.7 Å². The van der Waals surface area contributed by atoms with E-state index >= 15 is 0 Å². The average molecular weight is 387 g/mol. The van der Waals surface area contributed by atoms with Crippen LogP contribution in [-0.4, -0.2) is 32.2 Å². The Hall–Kier alpha value is -2.38. The van der Waals surface area contributed by atoms with Gasteiger partial charge in [0.05, 0.1) is 4.91 Å². The maximum absolute atomic E-state index is 12.6. The quantitative estimate of drug-likeness (QED) is 0.609. The molecule has 3 rings (SSSR count). The Kier molecular flexibility index (Phi) is 5.29. The van der Waals surface area contributed by atoms with Crippen molar-refractivity contribution in [2.24, 2.45) is 0 Å². The van der Waals surface area contributed by atoms with Gasteiger partial charge in [0.15, 0.2) is 0 Å². The summed E-state index contributed by atoms with van der Waals surface area (Å²) >= 11 is 6.29. The Morgan fingerprint density at radius 1 is 1.31 bits per heavy atom. The van der Waals surface area contributed by atoms with Gasteiger partial charge in [0.1, 0.15) is 21.9 Å². The Morgan fingerprint density at radius 3 is 2.62 bits per heavy atom. The molecule has 1 aliphatic heterocycles. The number of benzene rings is 1. The fourth-order valence-electron chi connectivity index (χ4n) is 2.65. The number of rotatable bonds is 5. The van der Waals surface area contributed by atoms with Gasteiger partial charge >= 0.3 is 5.97 Å². The second-order valence-electron chi connectivity index (χ2n) is 5.88. The van der Waals surface area contributed by atoms with Crippen LogP contribution in [0.25, 0.3) is 17.4 Å². The molecule has 1 saturated heterocycles. The van der Waals surface area contributed by atoms with Crippen molar-refractivity contribution in [2.75, 3.05) is 0 Å². The van der Waals surface area contributed by atoms with Crippen LogP contribution in [0.3, 0.4) is 0 Å². The lowest BCUT2D eigenvalue weighted by atomic mass is 10.1. The van der Waals surface area contributed by atoms with E-state index in [1.165, 1.54) is 0 Å². The zero-order valence-electron chi connectivity index (χ0n) is 14.3. The molecule has 2 aromatic rings. The van der Waals surface area contributed by atoms with E-state index in [1.807, 2.05) is 37.3 Å². The summed E-state index contributed by atoms with van der Waals surface area (Å²) in [6.45, 7) is 3.72. The molecule has 1 aromatic carbocycles. The summed E-state index contributed by atoms with van der Waals surface area (Å²) in [5.74, 6) is -0.250. The molecule has 5 nitrogen and oxygen atoms in total. The number of carboxylic acid groups (broad SMARTS) is 1. The fourth-order valence-corrected chi connectivity index (χ4v) is 3.99. The summed E-state index contributed by atoms with van der Waals surface area (Å²) in [6.07, 6.45) is 1.89. The standard InChI is InChI=1S/C19H17NO4S2/c1-3-14(18(22)23)20-17(21)16(26-19(20)25)10-13-8-9-15(24-13)12-6-4-11(2)5-7-12/h4-10,14H,3H2,1-2H3,(H,22,23)/b16-10-/t14-/m0/s1. The SMILES string of the molecule is CC[C@@H](C(=O)O)N1C(=O)/C(=C/c2ccc(-c3ccc(C)cc3)o2)SC1=S. The summed E-state index contributed by atoms with van der Waals surface area (Å²) in [5, 5.41) is 9.29. The largest absolute Gasteiger partial charge is 0.480 e. The molecule has 7 heteroatoms. The molecule has 0 saturated carbocycles. The van der Waals surface area contributed by atoms with Crippen LogP contribution in [0, 0.1) is 6.92 Å². The molecule has 0 radical (unpaired) electrons. The maximum atomic E-state index is 12.6.